The van der Waals surface area contributed by atoms with E-state index in [9.17, 15) is 10.2 Å². The number of pyridine rings is 1. The lowest BCUT2D eigenvalue weighted by molar-refractivity contribution is 0.373. The van der Waals surface area contributed by atoms with Crippen molar-refractivity contribution >= 4 is 17.7 Å². The van der Waals surface area contributed by atoms with Crippen LogP contribution in [0.3, 0.4) is 0 Å². The summed E-state index contributed by atoms with van der Waals surface area (Å²) in [6.45, 7) is 0. The van der Waals surface area contributed by atoms with E-state index in [1.54, 1.807) is 42.6 Å². The molecule has 2 aromatic carbocycles. The second-order valence-corrected chi connectivity index (χ2v) is 6.29. The van der Waals surface area contributed by atoms with E-state index in [0.717, 1.165) is 16.8 Å². The molecule has 7 heteroatoms. The predicted octanol–water partition coefficient (Wildman–Crippen LogP) is 4.18. The van der Waals surface area contributed by atoms with Crippen LogP contribution in [0.5, 0.6) is 23.0 Å². The number of fused-ring (bicyclic) bond motifs is 1. The van der Waals surface area contributed by atoms with Crippen LogP contribution in [0.4, 0.5) is 5.82 Å². The molecule has 0 atom stereocenters. The Morgan fingerprint density at radius 2 is 1.66 bits per heavy atom. The molecule has 0 unspecified atom stereocenters. The smallest absolute Gasteiger partial charge is 0.165 e. The van der Waals surface area contributed by atoms with E-state index in [1.807, 2.05) is 28.8 Å². The van der Waals surface area contributed by atoms with Gasteiger partial charge in [0.2, 0.25) is 0 Å². The number of rotatable bonds is 5. The summed E-state index contributed by atoms with van der Waals surface area (Å²) < 4.78 is 12.3. The number of aromatic hydroxyl groups is 2. The number of phenolic OH excluding ortho intramolecular Hbond substituents is 2. The number of nitrogens with zero attached hydrogens (tertiary/aromatic N) is 3. The van der Waals surface area contributed by atoms with E-state index in [1.165, 1.54) is 14.2 Å². The standard InChI is InChI=1S/C22H19N3O4/c1-28-18-11-14(6-8-16(18)26)13-23-22-21(24-20-5-3-4-10-25(20)22)15-7-9-17(27)19(12-15)29-2/h3-13,26-27H,1-2H3/b23-13+. The summed E-state index contributed by atoms with van der Waals surface area (Å²) in [6.07, 6.45) is 3.56. The average molecular weight is 389 g/mol. The number of methoxy groups -OCH3 is 2. The average Bonchev–Trinajstić information content (AvgIpc) is 3.12. The molecule has 2 heterocycles. The number of imidazole rings is 1. The normalized spacial score (nSPS) is 11.2. The Bertz CT molecular complexity index is 1210. The predicted molar refractivity (Wildman–Crippen MR) is 111 cm³/mol. The highest BCUT2D eigenvalue weighted by Gasteiger charge is 2.15. The fourth-order valence-electron chi connectivity index (χ4n) is 3.04. The van der Waals surface area contributed by atoms with Gasteiger partial charge in [-0.25, -0.2) is 9.98 Å². The molecule has 0 aliphatic carbocycles. The van der Waals surface area contributed by atoms with Crippen molar-refractivity contribution in [2.24, 2.45) is 4.99 Å². The van der Waals surface area contributed by atoms with E-state index in [0.29, 0.717) is 23.0 Å². The molecule has 0 aliphatic rings. The van der Waals surface area contributed by atoms with Crippen LogP contribution in [0.15, 0.2) is 65.8 Å². The van der Waals surface area contributed by atoms with Crippen LogP contribution in [0.2, 0.25) is 0 Å². The highest BCUT2D eigenvalue weighted by atomic mass is 16.5. The van der Waals surface area contributed by atoms with Crippen molar-refractivity contribution in [1.29, 1.82) is 0 Å². The van der Waals surface area contributed by atoms with E-state index in [2.05, 4.69) is 4.99 Å². The third-order valence-electron chi connectivity index (χ3n) is 4.50. The number of hydrogen-bond donors (Lipinski definition) is 2. The second kappa shape index (κ2) is 7.55. The minimum absolute atomic E-state index is 0.0567. The zero-order valence-electron chi connectivity index (χ0n) is 15.9. The van der Waals surface area contributed by atoms with Gasteiger partial charge in [-0.3, -0.25) is 4.40 Å². The molecule has 4 aromatic rings. The SMILES string of the molecule is COc1cc(/C=N/c2c(-c3ccc(O)c(OC)c3)nc3ccccn23)ccc1O. The quantitative estimate of drug-likeness (QED) is 0.500. The van der Waals surface area contributed by atoms with Crippen molar-refractivity contribution in [2.75, 3.05) is 14.2 Å². The molecule has 0 bridgehead atoms. The fourth-order valence-corrected chi connectivity index (χ4v) is 3.04. The lowest BCUT2D eigenvalue weighted by Crippen LogP contribution is -1.88. The number of ether oxygens (including phenoxy) is 2. The number of phenols is 2. The molecule has 0 fully saturated rings. The second-order valence-electron chi connectivity index (χ2n) is 6.29. The maximum atomic E-state index is 9.90. The van der Waals surface area contributed by atoms with Gasteiger partial charge in [-0.2, -0.15) is 0 Å². The molecule has 0 saturated carbocycles. The molecule has 146 valence electrons. The molecule has 2 aromatic heterocycles. The molecule has 0 saturated heterocycles. The van der Waals surface area contributed by atoms with Gasteiger partial charge in [0.25, 0.3) is 0 Å². The van der Waals surface area contributed by atoms with Crippen molar-refractivity contribution < 1.29 is 19.7 Å². The monoisotopic (exact) mass is 389 g/mol. The molecule has 0 radical (unpaired) electrons. The van der Waals surface area contributed by atoms with Crippen LogP contribution in [0.25, 0.3) is 16.9 Å². The Balaban J connectivity index is 1.84. The first-order valence-corrected chi connectivity index (χ1v) is 8.86. The third-order valence-corrected chi connectivity index (χ3v) is 4.50. The summed E-state index contributed by atoms with van der Waals surface area (Å²) in [5, 5.41) is 19.7. The number of benzene rings is 2. The number of hydrogen-bond acceptors (Lipinski definition) is 6. The van der Waals surface area contributed by atoms with Crippen molar-refractivity contribution in [3.05, 3.63) is 66.4 Å². The van der Waals surface area contributed by atoms with Crippen molar-refractivity contribution in [1.82, 2.24) is 9.38 Å². The maximum absolute atomic E-state index is 9.90. The molecule has 0 amide bonds. The molecule has 0 aliphatic heterocycles. The van der Waals surface area contributed by atoms with Gasteiger partial charge in [0.05, 0.1) is 14.2 Å². The van der Waals surface area contributed by atoms with Crippen LogP contribution < -0.4 is 9.47 Å². The van der Waals surface area contributed by atoms with Gasteiger partial charge in [0, 0.05) is 18.0 Å². The zero-order valence-corrected chi connectivity index (χ0v) is 15.9. The first-order valence-electron chi connectivity index (χ1n) is 8.86. The number of aromatic nitrogens is 2. The molecule has 4 rings (SSSR count). The Labute approximate surface area is 167 Å². The zero-order chi connectivity index (χ0) is 20.4. The largest absolute Gasteiger partial charge is 0.504 e. The van der Waals surface area contributed by atoms with Gasteiger partial charge in [-0.1, -0.05) is 6.07 Å². The van der Waals surface area contributed by atoms with Crippen molar-refractivity contribution in [3.8, 4) is 34.3 Å². The first-order chi connectivity index (χ1) is 14.1. The summed E-state index contributed by atoms with van der Waals surface area (Å²) in [7, 11) is 3.00. The molecule has 2 N–H and O–H groups in total. The van der Waals surface area contributed by atoms with Gasteiger partial charge in [0.15, 0.2) is 28.8 Å². The Hall–Kier alpha value is -4.00. The molecular weight excluding hydrogens is 370 g/mol. The summed E-state index contributed by atoms with van der Waals surface area (Å²) in [4.78, 5) is 9.35. The summed E-state index contributed by atoms with van der Waals surface area (Å²) in [5.74, 6) is 1.48. The molecule has 0 spiro atoms. The van der Waals surface area contributed by atoms with Crippen LogP contribution in [0.1, 0.15) is 5.56 Å². The lowest BCUT2D eigenvalue weighted by Gasteiger charge is -2.06. The highest BCUT2D eigenvalue weighted by Crippen LogP contribution is 2.36. The summed E-state index contributed by atoms with van der Waals surface area (Å²) in [6, 6.07) is 15.8. The van der Waals surface area contributed by atoms with Crippen LogP contribution in [0, 0.1) is 0 Å². The van der Waals surface area contributed by atoms with Gasteiger partial charge < -0.3 is 19.7 Å². The highest BCUT2D eigenvalue weighted by molar-refractivity contribution is 5.86. The Kier molecular flexibility index (Phi) is 4.78. The molecular formula is C22H19N3O4. The van der Waals surface area contributed by atoms with E-state index >= 15 is 0 Å². The maximum Gasteiger partial charge on any atom is 0.165 e. The van der Waals surface area contributed by atoms with Crippen LogP contribution in [-0.4, -0.2) is 40.0 Å². The summed E-state index contributed by atoms with van der Waals surface area (Å²) in [5.41, 5.74) is 2.92. The molecule has 29 heavy (non-hydrogen) atoms. The van der Waals surface area contributed by atoms with Gasteiger partial charge in [0.1, 0.15) is 11.3 Å². The van der Waals surface area contributed by atoms with E-state index in [-0.39, 0.29) is 11.5 Å². The fraction of sp³-hybridized carbons (Fsp3) is 0.0909. The van der Waals surface area contributed by atoms with Gasteiger partial charge in [-0.05, 0) is 54.1 Å². The minimum Gasteiger partial charge on any atom is -0.504 e. The molecule has 7 nitrogen and oxygen atoms in total. The number of aliphatic imine (C=N–C) groups is 1. The van der Waals surface area contributed by atoms with Crippen molar-refractivity contribution in [2.45, 2.75) is 0 Å². The topological polar surface area (TPSA) is 88.6 Å². The van der Waals surface area contributed by atoms with E-state index in [4.69, 9.17) is 14.5 Å². The lowest BCUT2D eigenvalue weighted by atomic mass is 10.1. The Morgan fingerprint density at radius 1 is 0.931 bits per heavy atom. The Morgan fingerprint density at radius 3 is 2.41 bits per heavy atom. The van der Waals surface area contributed by atoms with Crippen LogP contribution in [-0.2, 0) is 0 Å². The summed E-state index contributed by atoms with van der Waals surface area (Å²) >= 11 is 0. The van der Waals surface area contributed by atoms with Gasteiger partial charge >= 0.3 is 0 Å². The van der Waals surface area contributed by atoms with E-state index < -0.39 is 0 Å². The van der Waals surface area contributed by atoms with Gasteiger partial charge in [-0.15, -0.1) is 0 Å². The van der Waals surface area contributed by atoms with Crippen LogP contribution >= 0.6 is 0 Å². The minimum atomic E-state index is 0.0567. The van der Waals surface area contributed by atoms with Crippen molar-refractivity contribution in [3.63, 3.8) is 0 Å². The third kappa shape index (κ3) is 3.45. The first kappa shape index (κ1) is 18.4.